The minimum Gasteiger partial charge on any atom is -0.369 e. The number of nitrogens with zero attached hydrogens (tertiary/aromatic N) is 3. The predicted octanol–water partition coefficient (Wildman–Crippen LogP) is 0.336. The Labute approximate surface area is 122 Å². The summed E-state index contributed by atoms with van der Waals surface area (Å²) >= 11 is 0. The Morgan fingerprint density at radius 1 is 1.48 bits per heavy atom. The van der Waals surface area contributed by atoms with Crippen molar-refractivity contribution in [1.82, 2.24) is 20.1 Å². The van der Waals surface area contributed by atoms with Gasteiger partial charge in [-0.25, -0.2) is 4.68 Å². The second-order valence-corrected chi connectivity index (χ2v) is 4.96. The van der Waals surface area contributed by atoms with Crippen LogP contribution in [0, 0.1) is 6.92 Å². The van der Waals surface area contributed by atoms with Crippen molar-refractivity contribution in [2.45, 2.75) is 13.0 Å². The number of rotatable bonds is 3. The van der Waals surface area contributed by atoms with E-state index < -0.39 is 5.91 Å². The fourth-order valence-electron chi connectivity index (χ4n) is 2.39. The van der Waals surface area contributed by atoms with E-state index in [1.807, 2.05) is 12.1 Å². The van der Waals surface area contributed by atoms with E-state index in [-0.39, 0.29) is 6.10 Å². The van der Waals surface area contributed by atoms with Gasteiger partial charge in [0.2, 0.25) is 0 Å². The molecule has 3 heterocycles. The molecule has 21 heavy (non-hydrogen) atoms. The van der Waals surface area contributed by atoms with E-state index in [9.17, 15) is 4.79 Å². The van der Waals surface area contributed by atoms with Crippen LogP contribution in [-0.4, -0.2) is 40.4 Å². The first-order valence-corrected chi connectivity index (χ1v) is 6.80. The zero-order chi connectivity index (χ0) is 14.8. The van der Waals surface area contributed by atoms with Gasteiger partial charge in [-0.2, -0.15) is 5.10 Å². The Morgan fingerprint density at radius 2 is 2.33 bits per heavy atom. The van der Waals surface area contributed by atoms with Crippen LogP contribution < -0.4 is 11.1 Å². The molecule has 1 aliphatic rings. The van der Waals surface area contributed by atoms with Gasteiger partial charge < -0.3 is 15.8 Å². The van der Waals surface area contributed by atoms with Gasteiger partial charge in [-0.3, -0.25) is 9.78 Å². The van der Waals surface area contributed by atoms with Crippen LogP contribution in [0.2, 0.25) is 0 Å². The summed E-state index contributed by atoms with van der Waals surface area (Å²) in [5, 5.41) is 7.44. The summed E-state index contributed by atoms with van der Waals surface area (Å²) in [7, 11) is 0. The monoisotopic (exact) mass is 287 g/mol. The molecular formula is C14H17N5O2. The fourth-order valence-corrected chi connectivity index (χ4v) is 2.39. The highest BCUT2D eigenvalue weighted by Gasteiger charge is 2.18. The predicted molar refractivity (Wildman–Crippen MR) is 76.2 cm³/mol. The number of aryl methyl sites for hydroxylation is 1. The number of aromatic nitrogens is 3. The maximum absolute atomic E-state index is 11.5. The van der Waals surface area contributed by atoms with Crippen molar-refractivity contribution >= 4 is 5.91 Å². The van der Waals surface area contributed by atoms with Gasteiger partial charge >= 0.3 is 0 Å². The molecule has 110 valence electrons. The van der Waals surface area contributed by atoms with Gasteiger partial charge in [-0.1, -0.05) is 0 Å². The van der Waals surface area contributed by atoms with E-state index in [0.29, 0.717) is 18.0 Å². The summed E-state index contributed by atoms with van der Waals surface area (Å²) in [6, 6.07) is 3.74. The molecule has 0 saturated carbocycles. The summed E-state index contributed by atoms with van der Waals surface area (Å²) in [6.45, 7) is 4.09. The van der Waals surface area contributed by atoms with Crippen LogP contribution >= 0.6 is 0 Å². The number of carbonyl (C=O) groups excluding carboxylic acids is 1. The molecule has 0 radical (unpaired) electrons. The minimum atomic E-state index is -0.506. The molecule has 0 aliphatic carbocycles. The molecule has 1 atom stereocenters. The number of nitrogens with two attached hydrogens (primary N) is 1. The molecule has 7 nitrogen and oxygen atoms in total. The first kappa shape index (κ1) is 13.7. The second kappa shape index (κ2) is 5.63. The molecular weight excluding hydrogens is 270 g/mol. The second-order valence-electron chi connectivity index (χ2n) is 4.96. The van der Waals surface area contributed by atoms with Gasteiger partial charge in [0.25, 0.3) is 5.91 Å². The van der Waals surface area contributed by atoms with Crippen molar-refractivity contribution in [1.29, 1.82) is 0 Å². The Kier molecular flexibility index (Phi) is 3.68. The zero-order valence-corrected chi connectivity index (χ0v) is 11.7. The number of ether oxygens (including phenoxy) is 1. The van der Waals surface area contributed by atoms with Crippen LogP contribution in [0.4, 0.5) is 0 Å². The molecule has 1 fully saturated rings. The van der Waals surface area contributed by atoms with Crippen LogP contribution in [-0.2, 0) is 4.74 Å². The van der Waals surface area contributed by atoms with Crippen molar-refractivity contribution < 1.29 is 9.53 Å². The number of pyridine rings is 1. The van der Waals surface area contributed by atoms with Crippen molar-refractivity contribution in [3.05, 3.63) is 41.5 Å². The van der Waals surface area contributed by atoms with Gasteiger partial charge in [0.15, 0.2) is 0 Å². The van der Waals surface area contributed by atoms with Gasteiger partial charge in [0, 0.05) is 18.7 Å². The van der Waals surface area contributed by atoms with Gasteiger partial charge in [0.05, 0.1) is 30.4 Å². The molecule has 2 aromatic rings. The number of hydrogen-bond donors (Lipinski definition) is 2. The standard InChI is InChI=1S/C14H17N5O2/c1-9-6-18-19(13(9)14(15)20)10-2-3-11(17-7-10)12-8-16-4-5-21-12/h2-3,6-7,12,16H,4-5,8H2,1H3,(H2,15,20)/t12-/m0/s1. The van der Waals surface area contributed by atoms with Gasteiger partial charge in [-0.15, -0.1) is 0 Å². The number of amides is 1. The topological polar surface area (TPSA) is 95.1 Å². The highest BCUT2D eigenvalue weighted by Crippen LogP contribution is 2.19. The summed E-state index contributed by atoms with van der Waals surface area (Å²) in [5.74, 6) is -0.506. The van der Waals surface area contributed by atoms with E-state index in [0.717, 1.165) is 24.3 Å². The summed E-state index contributed by atoms with van der Waals surface area (Å²) in [6.07, 6.45) is 3.25. The van der Waals surface area contributed by atoms with Crippen LogP contribution in [0.5, 0.6) is 0 Å². The quantitative estimate of drug-likeness (QED) is 0.848. The first-order valence-electron chi connectivity index (χ1n) is 6.80. The lowest BCUT2D eigenvalue weighted by atomic mass is 10.2. The first-order chi connectivity index (χ1) is 10.2. The molecule has 7 heteroatoms. The zero-order valence-electron chi connectivity index (χ0n) is 11.7. The normalized spacial score (nSPS) is 18.6. The summed E-state index contributed by atoms with van der Waals surface area (Å²) in [4.78, 5) is 15.9. The number of carbonyl (C=O) groups is 1. The van der Waals surface area contributed by atoms with Crippen LogP contribution in [0.25, 0.3) is 5.69 Å². The number of primary amides is 1. The summed E-state index contributed by atoms with van der Waals surface area (Å²) in [5.41, 5.74) is 8.07. The number of nitrogens with one attached hydrogen (secondary N) is 1. The van der Waals surface area contributed by atoms with Crippen molar-refractivity contribution in [3.8, 4) is 5.69 Å². The minimum absolute atomic E-state index is 0.0391. The Morgan fingerprint density at radius 3 is 2.95 bits per heavy atom. The lowest BCUT2D eigenvalue weighted by molar-refractivity contribution is 0.0250. The maximum Gasteiger partial charge on any atom is 0.267 e. The molecule has 0 spiro atoms. The van der Waals surface area contributed by atoms with Crippen LogP contribution in [0.1, 0.15) is 27.8 Å². The number of hydrogen-bond acceptors (Lipinski definition) is 5. The van der Waals surface area contributed by atoms with Gasteiger partial charge in [0.1, 0.15) is 11.8 Å². The average Bonchev–Trinajstić information content (AvgIpc) is 2.90. The highest BCUT2D eigenvalue weighted by molar-refractivity contribution is 5.93. The van der Waals surface area contributed by atoms with Crippen molar-refractivity contribution in [2.75, 3.05) is 19.7 Å². The van der Waals surface area contributed by atoms with Crippen molar-refractivity contribution in [2.24, 2.45) is 5.73 Å². The fraction of sp³-hybridized carbons (Fsp3) is 0.357. The molecule has 2 aromatic heterocycles. The maximum atomic E-state index is 11.5. The van der Waals surface area contributed by atoms with Gasteiger partial charge in [-0.05, 0) is 19.1 Å². The summed E-state index contributed by atoms with van der Waals surface area (Å²) < 4.78 is 7.16. The smallest absolute Gasteiger partial charge is 0.267 e. The molecule has 1 aliphatic heterocycles. The van der Waals surface area contributed by atoms with E-state index in [2.05, 4.69) is 15.4 Å². The van der Waals surface area contributed by atoms with Crippen LogP contribution in [0.15, 0.2) is 24.5 Å². The van der Waals surface area contributed by atoms with Crippen LogP contribution in [0.3, 0.4) is 0 Å². The molecule has 0 unspecified atom stereocenters. The molecule has 0 aromatic carbocycles. The Hall–Kier alpha value is -2.25. The van der Waals surface area contributed by atoms with E-state index >= 15 is 0 Å². The third kappa shape index (κ3) is 2.65. The third-order valence-corrected chi connectivity index (χ3v) is 3.46. The average molecular weight is 287 g/mol. The molecule has 1 amide bonds. The number of morpholine rings is 1. The third-order valence-electron chi connectivity index (χ3n) is 3.46. The Balaban J connectivity index is 1.89. The molecule has 1 saturated heterocycles. The SMILES string of the molecule is Cc1cnn(-c2ccc([C@@H]3CNCCO3)nc2)c1C(N)=O. The van der Waals surface area contributed by atoms with Crippen molar-refractivity contribution in [3.63, 3.8) is 0 Å². The largest absolute Gasteiger partial charge is 0.369 e. The molecule has 0 bridgehead atoms. The van der Waals surface area contributed by atoms with E-state index in [1.54, 1.807) is 19.3 Å². The lowest BCUT2D eigenvalue weighted by Crippen LogP contribution is -2.33. The van der Waals surface area contributed by atoms with E-state index in [4.69, 9.17) is 10.5 Å². The Bertz CT molecular complexity index is 644. The molecule has 3 N–H and O–H groups in total. The molecule has 3 rings (SSSR count). The van der Waals surface area contributed by atoms with E-state index in [1.165, 1.54) is 4.68 Å². The highest BCUT2D eigenvalue weighted by atomic mass is 16.5. The lowest BCUT2D eigenvalue weighted by Gasteiger charge is -2.23.